The van der Waals surface area contributed by atoms with E-state index in [1.807, 2.05) is 0 Å². The summed E-state index contributed by atoms with van der Waals surface area (Å²) in [6, 6.07) is 8.79. The van der Waals surface area contributed by atoms with E-state index >= 15 is 0 Å². The van der Waals surface area contributed by atoms with Gasteiger partial charge in [0.1, 0.15) is 0 Å². The molecule has 1 aromatic rings. The average molecular weight is 290 g/mol. The molecule has 0 aliphatic heterocycles. The van der Waals surface area contributed by atoms with Crippen molar-refractivity contribution in [1.82, 2.24) is 10.2 Å². The number of hydrogen-bond acceptors (Lipinski definition) is 3. The van der Waals surface area contributed by atoms with Gasteiger partial charge in [0.2, 0.25) is 0 Å². The van der Waals surface area contributed by atoms with Gasteiger partial charge in [-0.3, -0.25) is 4.90 Å². The molecule has 0 aromatic heterocycles. The molecular formula is C18H30N2O. The summed E-state index contributed by atoms with van der Waals surface area (Å²) in [6.07, 6.45) is 3.85. The second-order valence-electron chi connectivity index (χ2n) is 6.13. The van der Waals surface area contributed by atoms with Crippen LogP contribution < -0.4 is 5.32 Å². The van der Waals surface area contributed by atoms with Gasteiger partial charge in [0.15, 0.2) is 0 Å². The maximum absolute atomic E-state index is 5.72. The number of rotatable bonds is 11. The summed E-state index contributed by atoms with van der Waals surface area (Å²) < 4.78 is 5.72. The van der Waals surface area contributed by atoms with Crippen molar-refractivity contribution >= 4 is 0 Å². The van der Waals surface area contributed by atoms with Gasteiger partial charge in [0.05, 0.1) is 6.61 Å². The first kappa shape index (κ1) is 16.5. The third-order valence-corrected chi connectivity index (χ3v) is 4.05. The second-order valence-corrected chi connectivity index (χ2v) is 6.13. The highest BCUT2D eigenvalue weighted by molar-refractivity contribution is 5.27. The Hall–Kier alpha value is -0.900. The standard InChI is InChI=1S/C18H30N2O/c1-3-19-11-10-17-6-4-5-7-18(17)14-20(2)12-13-21-15-16-8-9-16/h4-7,16,19H,3,8-15H2,1-2H3. The van der Waals surface area contributed by atoms with Gasteiger partial charge in [0.25, 0.3) is 0 Å². The molecule has 1 aliphatic carbocycles. The van der Waals surface area contributed by atoms with Crippen molar-refractivity contribution < 1.29 is 4.74 Å². The Bertz CT molecular complexity index is 404. The maximum atomic E-state index is 5.72. The Morgan fingerprint density at radius 2 is 2.00 bits per heavy atom. The van der Waals surface area contributed by atoms with Crippen molar-refractivity contribution in [3.63, 3.8) is 0 Å². The van der Waals surface area contributed by atoms with E-state index in [0.29, 0.717) is 0 Å². The van der Waals surface area contributed by atoms with Crippen LogP contribution in [-0.4, -0.2) is 44.8 Å². The predicted molar refractivity (Wildman–Crippen MR) is 88.6 cm³/mol. The zero-order chi connectivity index (χ0) is 14.9. The van der Waals surface area contributed by atoms with Crippen LogP contribution in [0.1, 0.15) is 30.9 Å². The van der Waals surface area contributed by atoms with Gasteiger partial charge in [-0.15, -0.1) is 0 Å². The Morgan fingerprint density at radius 3 is 2.71 bits per heavy atom. The van der Waals surface area contributed by atoms with Crippen molar-refractivity contribution in [1.29, 1.82) is 0 Å². The fourth-order valence-electron chi connectivity index (χ4n) is 2.48. The number of hydrogen-bond donors (Lipinski definition) is 1. The summed E-state index contributed by atoms with van der Waals surface area (Å²) in [7, 11) is 2.18. The molecule has 1 aliphatic rings. The Morgan fingerprint density at radius 1 is 1.24 bits per heavy atom. The molecule has 2 rings (SSSR count). The quantitative estimate of drug-likeness (QED) is 0.634. The van der Waals surface area contributed by atoms with E-state index in [4.69, 9.17) is 4.74 Å². The molecule has 0 heterocycles. The summed E-state index contributed by atoms with van der Waals surface area (Å²) in [5.74, 6) is 0.863. The van der Waals surface area contributed by atoms with Crippen molar-refractivity contribution in [3.8, 4) is 0 Å². The van der Waals surface area contributed by atoms with Crippen LogP contribution in [0.5, 0.6) is 0 Å². The van der Waals surface area contributed by atoms with Crippen LogP contribution in [-0.2, 0) is 17.7 Å². The molecule has 0 unspecified atom stereocenters. The lowest BCUT2D eigenvalue weighted by atomic mass is 10.0. The zero-order valence-corrected chi connectivity index (χ0v) is 13.6. The number of ether oxygens (including phenoxy) is 1. The lowest BCUT2D eigenvalue weighted by Gasteiger charge is -2.19. The molecule has 21 heavy (non-hydrogen) atoms. The van der Waals surface area contributed by atoms with E-state index in [0.717, 1.165) is 51.7 Å². The summed E-state index contributed by atoms with van der Waals surface area (Å²) in [4.78, 5) is 2.36. The molecule has 0 atom stereocenters. The lowest BCUT2D eigenvalue weighted by molar-refractivity contribution is 0.102. The first-order valence-corrected chi connectivity index (χ1v) is 8.33. The van der Waals surface area contributed by atoms with Crippen LogP contribution in [0.15, 0.2) is 24.3 Å². The van der Waals surface area contributed by atoms with Crippen LogP contribution in [0, 0.1) is 5.92 Å². The first-order valence-electron chi connectivity index (χ1n) is 8.33. The van der Waals surface area contributed by atoms with Gasteiger partial charge >= 0.3 is 0 Å². The van der Waals surface area contributed by atoms with E-state index in [9.17, 15) is 0 Å². The Labute approximate surface area is 129 Å². The molecule has 1 aromatic carbocycles. The fraction of sp³-hybridized carbons (Fsp3) is 0.667. The van der Waals surface area contributed by atoms with Crippen LogP contribution in [0.3, 0.4) is 0 Å². The van der Waals surface area contributed by atoms with E-state index in [1.165, 1.54) is 24.0 Å². The van der Waals surface area contributed by atoms with Gasteiger partial charge in [-0.25, -0.2) is 0 Å². The van der Waals surface area contributed by atoms with Crippen molar-refractivity contribution in [2.75, 3.05) is 39.9 Å². The third-order valence-electron chi connectivity index (χ3n) is 4.05. The molecule has 0 radical (unpaired) electrons. The summed E-state index contributed by atoms with van der Waals surface area (Å²) in [5.41, 5.74) is 2.91. The molecule has 0 bridgehead atoms. The summed E-state index contributed by atoms with van der Waals surface area (Å²) in [6.45, 7) is 8.09. The predicted octanol–water partition coefficient (Wildman–Crippen LogP) is 2.70. The Balaban J connectivity index is 1.71. The molecule has 1 fully saturated rings. The van der Waals surface area contributed by atoms with Crippen LogP contribution in [0.4, 0.5) is 0 Å². The minimum Gasteiger partial charge on any atom is -0.380 e. The van der Waals surface area contributed by atoms with E-state index in [2.05, 4.69) is 48.5 Å². The topological polar surface area (TPSA) is 24.5 Å². The first-order chi connectivity index (χ1) is 10.3. The van der Waals surface area contributed by atoms with Crippen molar-refractivity contribution in [2.45, 2.75) is 32.7 Å². The minimum absolute atomic E-state index is 0.854. The SMILES string of the molecule is CCNCCc1ccccc1CN(C)CCOCC1CC1. The summed E-state index contributed by atoms with van der Waals surface area (Å²) >= 11 is 0. The highest BCUT2D eigenvalue weighted by Gasteiger charge is 2.20. The molecule has 1 N–H and O–H groups in total. The molecule has 3 nitrogen and oxygen atoms in total. The Kier molecular flexibility index (Phi) is 7.20. The number of benzene rings is 1. The number of likely N-dealkylation sites (N-methyl/N-ethyl adjacent to an activating group) is 2. The highest BCUT2D eigenvalue weighted by Crippen LogP contribution is 2.28. The van der Waals surface area contributed by atoms with Crippen LogP contribution in [0.2, 0.25) is 0 Å². The van der Waals surface area contributed by atoms with E-state index < -0.39 is 0 Å². The average Bonchev–Trinajstić information content (AvgIpc) is 3.30. The van der Waals surface area contributed by atoms with Gasteiger partial charge < -0.3 is 10.1 Å². The van der Waals surface area contributed by atoms with E-state index in [1.54, 1.807) is 0 Å². The molecule has 0 saturated heterocycles. The molecule has 118 valence electrons. The zero-order valence-electron chi connectivity index (χ0n) is 13.6. The molecule has 0 spiro atoms. The van der Waals surface area contributed by atoms with Crippen LogP contribution in [0.25, 0.3) is 0 Å². The van der Waals surface area contributed by atoms with Gasteiger partial charge in [-0.1, -0.05) is 31.2 Å². The van der Waals surface area contributed by atoms with Gasteiger partial charge in [-0.05, 0) is 56.4 Å². The van der Waals surface area contributed by atoms with Gasteiger partial charge in [-0.2, -0.15) is 0 Å². The molecular weight excluding hydrogens is 260 g/mol. The highest BCUT2D eigenvalue weighted by atomic mass is 16.5. The second kappa shape index (κ2) is 9.19. The van der Waals surface area contributed by atoms with Crippen molar-refractivity contribution in [3.05, 3.63) is 35.4 Å². The smallest absolute Gasteiger partial charge is 0.0593 e. The van der Waals surface area contributed by atoms with Gasteiger partial charge in [0, 0.05) is 19.7 Å². The number of nitrogens with one attached hydrogen (secondary N) is 1. The summed E-state index contributed by atoms with van der Waals surface area (Å²) in [5, 5.41) is 3.40. The number of nitrogens with zero attached hydrogens (tertiary/aromatic N) is 1. The normalized spacial score (nSPS) is 14.8. The largest absolute Gasteiger partial charge is 0.380 e. The minimum atomic E-state index is 0.854. The molecule has 3 heteroatoms. The molecule has 0 amide bonds. The maximum Gasteiger partial charge on any atom is 0.0593 e. The van der Waals surface area contributed by atoms with E-state index in [-0.39, 0.29) is 0 Å². The third kappa shape index (κ3) is 6.60. The lowest BCUT2D eigenvalue weighted by Crippen LogP contribution is -2.24. The van der Waals surface area contributed by atoms with Crippen LogP contribution >= 0.6 is 0 Å². The fourth-order valence-corrected chi connectivity index (χ4v) is 2.48. The van der Waals surface area contributed by atoms with Crippen molar-refractivity contribution in [2.24, 2.45) is 5.92 Å². The molecule has 1 saturated carbocycles. The monoisotopic (exact) mass is 290 g/mol.